The molecule has 0 fully saturated rings. The molecule has 0 aliphatic heterocycles. The van der Waals surface area contributed by atoms with Crippen LogP contribution < -0.4 is 40.6 Å². The van der Waals surface area contributed by atoms with E-state index in [0.29, 0.717) is 55.4 Å². The van der Waals surface area contributed by atoms with Gasteiger partial charge in [0.2, 0.25) is 0 Å². The summed E-state index contributed by atoms with van der Waals surface area (Å²) in [5.41, 5.74) is 4.78. The number of pyridine rings is 2. The minimum Gasteiger partial charge on any atom is -0.410 e. The van der Waals surface area contributed by atoms with Crippen LogP contribution in [0.2, 0.25) is 0 Å². The number of amides is 2. The van der Waals surface area contributed by atoms with E-state index in [1.165, 1.54) is 14.1 Å². The Morgan fingerprint density at radius 2 is 1.02 bits per heavy atom. The molecule has 0 saturated carbocycles. The Morgan fingerprint density at radius 1 is 0.638 bits per heavy atom. The summed E-state index contributed by atoms with van der Waals surface area (Å²) in [7, 11) is 2.93. The van der Waals surface area contributed by atoms with Gasteiger partial charge in [-0.15, -0.1) is 0 Å². The minimum atomic E-state index is -0.686. The number of fused-ring (bicyclic) bond motifs is 1. The third-order valence-electron chi connectivity index (χ3n) is 9.86. The summed E-state index contributed by atoms with van der Waals surface area (Å²) in [5, 5.41) is 28.8. The predicted molar refractivity (Wildman–Crippen MR) is 225 cm³/mol. The van der Waals surface area contributed by atoms with Crippen molar-refractivity contribution in [1.82, 2.24) is 30.6 Å². The first kappa shape index (κ1) is 40.1. The molecule has 4 aromatic heterocycles. The molecule has 14 heteroatoms. The van der Waals surface area contributed by atoms with E-state index in [1.54, 1.807) is 60.9 Å². The van der Waals surface area contributed by atoms with Crippen LogP contribution in [0.5, 0.6) is 11.5 Å². The molecule has 0 saturated heterocycles. The quantitative estimate of drug-likeness (QED) is 0.112. The number of nitrogens with zero attached hydrogens (tertiary/aromatic N) is 6. The maximum absolute atomic E-state index is 12.7. The number of ether oxygens (including phenoxy) is 2. The third-order valence-corrected chi connectivity index (χ3v) is 9.86. The van der Waals surface area contributed by atoms with E-state index in [-0.39, 0.29) is 22.6 Å². The second-order valence-electron chi connectivity index (χ2n) is 12.9. The molecule has 58 heavy (non-hydrogen) atoms. The molecular formula is C44H44N10O4. The van der Waals surface area contributed by atoms with Crippen molar-refractivity contribution in [2.24, 2.45) is 0 Å². The number of hydrogen-bond acceptors (Lipinski definition) is 10. The molecule has 4 heterocycles. The van der Waals surface area contributed by atoms with Crippen molar-refractivity contribution in [2.45, 2.75) is 27.7 Å². The van der Waals surface area contributed by atoms with Gasteiger partial charge in [-0.05, 0) is 76.2 Å². The number of nitrogens with one attached hydrogen (secondary N) is 4. The van der Waals surface area contributed by atoms with E-state index in [1.807, 2.05) is 24.3 Å². The van der Waals surface area contributed by atoms with Crippen molar-refractivity contribution in [2.75, 3.05) is 50.1 Å². The minimum absolute atomic E-state index is 0.201. The Morgan fingerprint density at radius 3 is 1.36 bits per heavy atom. The predicted octanol–water partition coefficient (Wildman–Crippen LogP) is 6.19. The third kappa shape index (κ3) is 7.76. The summed E-state index contributed by atoms with van der Waals surface area (Å²) in [6, 6.07) is 26.3. The number of para-hydroxylation sites is 2. The highest BCUT2D eigenvalue weighted by Gasteiger charge is 2.26. The van der Waals surface area contributed by atoms with Gasteiger partial charge < -0.3 is 39.9 Å². The number of rotatable bonds is 12. The first-order chi connectivity index (χ1) is 28.2. The summed E-state index contributed by atoms with van der Waals surface area (Å²) in [6.45, 7) is 11.2. The molecule has 14 nitrogen and oxygen atoms in total. The zero-order valence-corrected chi connectivity index (χ0v) is 33.2. The molecule has 6 rings (SSSR count). The number of aromatic nitrogens is 4. The number of anilines is 2. The first-order valence-electron chi connectivity index (χ1n) is 19.0. The van der Waals surface area contributed by atoms with Crippen LogP contribution in [0.1, 0.15) is 39.1 Å². The first-order valence-corrected chi connectivity index (χ1v) is 19.0. The van der Waals surface area contributed by atoms with Crippen LogP contribution in [0, 0.1) is 22.7 Å². The molecule has 2 amide bonds. The van der Waals surface area contributed by atoms with Crippen LogP contribution in [0.4, 0.5) is 21.0 Å². The zero-order chi connectivity index (χ0) is 41.3. The van der Waals surface area contributed by atoms with E-state index in [0.717, 1.165) is 37.6 Å². The average Bonchev–Trinajstić information content (AvgIpc) is 3.82. The molecule has 294 valence electrons. The fraction of sp³-hybridized carbons (Fsp3) is 0.227. The fourth-order valence-electron chi connectivity index (χ4n) is 7.02. The highest BCUT2D eigenvalue weighted by Crippen LogP contribution is 2.38. The maximum atomic E-state index is 12.7. The van der Waals surface area contributed by atoms with Crippen molar-refractivity contribution in [3.8, 4) is 46.2 Å². The standard InChI is InChI=1S/C44H44N10O4/c1-7-53(8-2)27-19-21-49-33(23-27)31(25-45)41-37-38(40(51-41)30-16-12-14-18-36(30)58-44(56)48-6)42(32(26-46)34-24-28(20-22-50-34)54(9-3)10-4)52-39(37)29-15-11-13-17-35(29)57-43(55)47-5/h11-24,51-52H,7-10H2,1-6H3,(H,47,55)(H,48,56)/b41-31-,42-32-. The van der Waals surface area contributed by atoms with Crippen molar-refractivity contribution in [3.05, 3.63) is 107 Å². The van der Waals surface area contributed by atoms with Crippen molar-refractivity contribution in [1.29, 1.82) is 10.5 Å². The summed E-state index contributed by atoms with van der Waals surface area (Å²) < 4.78 is 11.5. The Bertz CT molecular complexity index is 2510. The fourth-order valence-corrected chi connectivity index (χ4v) is 7.02. The monoisotopic (exact) mass is 776 g/mol. The molecule has 0 radical (unpaired) electrons. The van der Waals surface area contributed by atoms with Crippen LogP contribution >= 0.6 is 0 Å². The Balaban J connectivity index is 1.88. The number of carbonyl (C=O) groups is 2. The number of aromatic amines is 2. The summed E-state index contributed by atoms with van der Waals surface area (Å²) >= 11 is 0. The summed E-state index contributed by atoms with van der Waals surface area (Å²) in [6.07, 6.45) is 1.96. The van der Waals surface area contributed by atoms with Gasteiger partial charge in [0.05, 0.1) is 33.5 Å². The SMILES string of the molecule is CCN(CC)c1ccnc(/C(C#N)=c2\[nH]c(-c3ccccc3OC(=O)NC)c3/c(=C(\C#N)c4cc(N(CC)CC)ccn4)[nH]c(-c4ccccc4OC(=O)NC)c23)c1. The van der Waals surface area contributed by atoms with Gasteiger partial charge in [-0.25, -0.2) is 9.59 Å². The normalized spacial score (nSPS) is 11.9. The highest BCUT2D eigenvalue weighted by atomic mass is 16.6. The van der Waals surface area contributed by atoms with E-state index >= 15 is 0 Å². The van der Waals surface area contributed by atoms with Crippen molar-refractivity contribution >= 4 is 45.5 Å². The van der Waals surface area contributed by atoms with Gasteiger partial charge >= 0.3 is 12.2 Å². The summed E-state index contributed by atoms with van der Waals surface area (Å²) in [4.78, 5) is 46.1. The van der Waals surface area contributed by atoms with E-state index in [4.69, 9.17) is 9.47 Å². The number of hydrogen-bond donors (Lipinski definition) is 4. The van der Waals surface area contributed by atoms with Gasteiger partial charge in [0.1, 0.15) is 34.8 Å². The number of nitriles is 2. The van der Waals surface area contributed by atoms with Crippen LogP contribution in [-0.4, -0.2) is 72.4 Å². The molecule has 2 aromatic carbocycles. The van der Waals surface area contributed by atoms with Gasteiger partial charge in [-0.1, -0.05) is 24.3 Å². The second-order valence-corrected chi connectivity index (χ2v) is 12.9. The molecular weight excluding hydrogens is 733 g/mol. The second kappa shape index (κ2) is 17.9. The van der Waals surface area contributed by atoms with Crippen LogP contribution in [0.15, 0.2) is 85.2 Å². The summed E-state index contributed by atoms with van der Waals surface area (Å²) in [5.74, 6) is 0.433. The molecule has 0 atom stereocenters. The van der Waals surface area contributed by atoms with Gasteiger partial charge in [-0.2, -0.15) is 10.5 Å². The Hall–Kier alpha value is -7.58. The molecule has 0 spiro atoms. The molecule has 6 aromatic rings. The molecule has 4 N–H and O–H groups in total. The lowest BCUT2D eigenvalue weighted by atomic mass is 10.0. The number of carbonyl (C=O) groups excluding carboxylic acids is 2. The molecule has 0 aliphatic carbocycles. The number of benzene rings is 2. The Kier molecular flexibility index (Phi) is 12.4. The van der Waals surface area contributed by atoms with Gasteiger partial charge in [0.25, 0.3) is 0 Å². The van der Waals surface area contributed by atoms with Crippen LogP contribution in [0.25, 0.3) is 44.4 Å². The topological polar surface area (TPSA) is 188 Å². The molecule has 0 unspecified atom stereocenters. The lowest BCUT2D eigenvalue weighted by Crippen LogP contribution is -2.22. The van der Waals surface area contributed by atoms with E-state index in [2.05, 4.69) is 80.2 Å². The average molecular weight is 777 g/mol. The highest BCUT2D eigenvalue weighted by molar-refractivity contribution is 6.09. The maximum Gasteiger partial charge on any atom is 0.412 e. The molecule has 0 aliphatic rings. The smallest absolute Gasteiger partial charge is 0.410 e. The zero-order valence-electron chi connectivity index (χ0n) is 33.2. The van der Waals surface area contributed by atoms with Crippen molar-refractivity contribution < 1.29 is 19.1 Å². The number of H-pyrrole nitrogens is 2. The van der Waals surface area contributed by atoms with Gasteiger partial charge in [-0.3, -0.25) is 9.97 Å². The van der Waals surface area contributed by atoms with Crippen LogP contribution in [0.3, 0.4) is 0 Å². The molecule has 0 bridgehead atoms. The van der Waals surface area contributed by atoms with E-state index < -0.39 is 12.2 Å². The van der Waals surface area contributed by atoms with Crippen molar-refractivity contribution in [3.63, 3.8) is 0 Å². The Labute approximate surface area is 336 Å². The van der Waals surface area contributed by atoms with Gasteiger partial charge in [0.15, 0.2) is 0 Å². The van der Waals surface area contributed by atoms with Gasteiger partial charge in [0, 0.05) is 85.9 Å². The lowest BCUT2D eigenvalue weighted by molar-refractivity contribution is 0.202. The lowest BCUT2D eigenvalue weighted by Gasteiger charge is -2.21. The largest absolute Gasteiger partial charge is 0.412 e. The van der Waals surface area contributed by atoms with Crippen LogP contribution in [-0.2, 0) is 0 Å². The van der Waals surface area contributed by atoms with E-state index in [9.17, 15) is 20.1 Å².